The fraction of sp³-hybridized carbons (Fsp3) is 0.176. The van der Waals surface area contributed by atoms with E-state index in [0.717, 1.165) is 6.20 Å². The highest BCUT2D eigenvalue weighted by molar-refractivity contribution is 7.90. The van der Waals surface area contributed by atoms with Gasteiger partial charge in [0.2, 0.25) is 5.91 Å². The number of carbonyl (C=O) groups is 3. The van der Waals surface area contributed by atoms with Crippen molar-refractivity contribution in [2.75, 3.05) is 12.4 Å². The maximum atomic E-state index is 12.3. The number of pyridine rings is 1. The van der Waals surface area contributed by atoms with Crippen LogP contribution < -0.4 is 10.0 Å². The molecule has 0 aliphatic rings. The Balaban J connectivity index is 2.12. The van der Waals surface area contributed by atoms with Crippen molar-refractivity contribution < 1.29 is 27.5 Å². The first-order valence-electron chi connectivity index (χ1n) is 7.78. The molecule has 27 heavy (non-hydrogen) atoms. The molecule has 0 bridgehead atoms. The van der Waals surface area contributed by atoms with Crippen LogP contribution in [0.15, 0.2) is 47.5 Å². The van der Waals surface area contributed by atoms with E-state index in [4.69, 9.17) is 0 Å². The van der Waals surface area contributed by atoms with Gasteiger partial charge in [-0.1, -0.05) is 6.92 Å². The average molecular weight is 391 g/mol. The van der Waals surface area contributed by atoms with E-state index < -0.39 is 21.9 Å². The van der Waals surface area contributed by atoms with E-state index in [1.54, 1.807) is 6.92 Å². The predicted molar refractivity (Wildman–Crippen MR) is 95.6 cm³/mol. The molecule has 2 N–H and O–H groups in total. The first-order chi connectivity index (χ1) is 12.8. The largest absolute Gasteiger partial charge is 0.464 e. The fourth-order valence-electron chi connectivity index (χ4n) is 1.96. The SMILES string of the molecule is CCC(=O)Nc1ccc(S(=O)(=O)NC(=O)c2ccc(C(=O)OC)nc2)cc1. The van der Waals surface area contributed by atoms with Crippen molar-refractivity contribution in [3.05, 3.63) is 53.9 Å². The van der Waals surface area contributed by atoms with Gasteiger partial charge in [-0.3, -0.25) is 9.59 Å². The number of carbonyl (C=O) groups excluding carboxylic acids is 3. The minimum absolute atomic E-state index is 0.0124. The van der Waals surface area contributed by atoms with Crippen LogP contribution in [0, 0.1) is 0 Å². The molecule has 0 aliphatic carbocycles. The molecule has 0 saturated carbocycles. The van der Waals surface area contributed by atoms with Crippen LogP contribution in [-0.2, 0) is 19.6 Å². The second kappa shape index (κ2) is 8.41. The Kier molecular flexibility index (Phi) is 6.24. The summed E-state index contributed by atoms with van der Waals surface area (Å²) >= 11 is 0. The molecule has 0 aliphatic heterocycles. The molecule has 142 valence electrons. The van der Waals surface area contributed by atoms with Gasteiger partial charge >= 0.3 is 5.97 Å². The van der Waals surface area contributed by atoms with Gasteiger partial charge in [-0.15, -0.1) is 0 Å². The summed E-state index contributed by atoms with van der Waals surface area (Å²) in [6.07, 6.45) is 1.36. The topological polar surface area (TPSA) is 132 Å². The van der Waals surface area contributed by atoms with Gasteiger partial charge in [0.05, 0.1) is 17.6 Å². The summed E-state index contributed by atoms with van der Waals surface area (Å²) in [5.41, 5.74) is 0.384. The molecule has 1 heterocycles. The molecule has 2 aromatic rings. The lowest BCUT2D eigenvalue weighted by Crippen LogP contribution is -2.30. The van der Waals surface area contributed by atoms with E-state index in [0.29, 0.717) is 12.1 Å². The molecule has 0 saturated heterocycles. The molecule has 0 spiro atoms. The van der Waals surface area contributed by atoms with E-state index in [-0.39, 0.29) is 22.1 Å². The third kappa shape index (κ3) is 5.11. The van der Waals surface area contributed by atoms with Crippen molar-refractivity contribution >= 4 is 33.5 Å². The summed E-state index contributed by atoms with van der Waals surface area (Å²) in [5.74, 6) is -1.78. The molecule has 1 aromatic heterocycles. The number of hydrogen-bond donors (Lipinski definition) is 2. The van der Waals surface area contributed by atoms with Crippen LogP contribution in [0.1, 0.15) is 34.2 Å². The number of nitrogens with zero attached hydrogens (tertiary/aromatic N) is 1. The highest BCUT2D eigenvalue weighted by Crippen LogP contribution is 2.15. The first kappa shape index (κ1) is 20.0. The molecule has 2 amide bonds. The predicted octanol–water partition coefficient (Wildman–Crippen LogP) is 1.34. The van der Waals surface area contributed by atoms with Crippen molar-refractivity contribution in [1.82, 2.24) is 9.71 Å². The summed E-state index contributed by atoms with van der Waals surface area (Å²) in [4.78, 5) is 38.4. The number of rotatable bonds is 6. The maximum absolute atomic E-state index is 12.3. The van der Waals surface area contributed by atoms with E-state index in [1.165, 1.54) is 43.5 Å². The zero-order chi connectivity index (χ0) is 20.0. The average Bonchev–Trinajstić information content (AvgIpc) is 2.67. The molecule has 10 heteroatoms. The Morgan fingerprint density at radius 1 is 1.07 bits per heavy atom. The van der Waals surface area contributed by atoms with Crippen LogP contribution in [0.4, 0.5) is 5.69 Å². The van der Waals surface area contributed by atoms with Crippen LogP contribution >= 0.6 is 0 Å². The van der Waals surface area contributed by atoms with Crippen LogP contribution in [0.2, 0.25) is 0 Å². The van der Waals surface area contributed by atoms with Gasteiger partial charge in [0.25, 0.3) is 15.9 Å². The number of amides is 2. The van der Waals surface area contributed by atoms with Crippen molar-refractivity contribution in [3.8, 4) is 0 Å². The molecule has 2 rings (SSSR count). The normalized spacial score (nSPS) is 10.7. The van der Waals surface area contributed by atoms with E-state index in [2.05, 4.69) is 15.0 Å². The summed E-state index contributed by atoms with van der Waals surface area (Å²) in [7, 11) is -2.93. The van der Waals surface area contributed by atoms with Gasteiger partial charge in [-0.2, -0.15) is 0 Å². The lowest BCUT2D eigenvalue weighted by atomic mass is 10.2. The van der Waals surface area contributed by atoms with Crippen molar-refractivity contribution in [2.24, 2.45) is 0 Å². The molecule has 0 unspecified atom stereocenters. The molecule has 0 fully saturated rings. The molecular formula is C17H17N3O6S. The lowest BCUT2D eigenvalue weighted by molar-refractivity contribution is -0.115. The Morgan fingerprint density at radius 3 is 2.26 bits per heavy atom. The number of esters is 1. The molecule has 0 atom stereocenters. The Hall–Kier alpha value is -3.27. The van der Waals surface area contributed by atoms with E-state index in [1.807, 2.05) is 4.72 Å². The van der Waals surface area contributed by atoms with Gasteiger partial charge < -0.3 is 10.1 Å². The van der Waals surface area contributed by atoms with Crippen LogP contribution in [-0.4, -0.2) is 38.3 Å². The van der Waals surface area contributed by atoms with Crippen LogP contribution in [0.5, 0.6) is 0 Å². The second-order valence-corrected chi connectivity index (χ2v) is 6.97. The minimum atomic E-state index is -4.12. The maximum Gasteiger partial charge on any atom is 0.356 e. The molecular weight excluding hydrogens is 374 g/mol. The monoisotopic (exact) mass is 391 g/mol. The third-order valence-electron chi connectivity index (χ3n) is 3.42. The van der Waals surface area contributed by atoms with Gasteiger partial charge in [0, 0.05) is 18.3 Å². The van der Waals surface area contributed by atoms with E-state index in [9.17, 15) is 22.8 Å². The number of benzene rings is 1. The number of nitrogens with one attached hydrogen (secondary N) is 2. The Bertz CT molecular complexity index is 953. The third-order valence-corrected chi connectivity index (χ3v) is 4.76. The Morgan fingerprint density at radius 2 is 1.74 bits per heavy atom. The Labute approximate surface area is 155 Å². The van der Waals surface area contributed by atoms with Crippen LogP contribution in [0.25, 0.3) is 0 Å². The van der Waals surface area contributed by atoms with Crippen molar-refractivity contribution in [1.29, 1.82) is 0 Å². The highest BCUT2D eigenvalue weighted by Gasteiger charge is 2.19. The fourth-order valence-corrected chi connectivity index (χ4v) is 2.93. The van der Waals surface area contributed by atoms with Crippen molar-refractivity contribution in [2.45, 2.75) is 18.2 Å². The number of anilines is 1. The number of methoxy groups -OCH3 is 1. The summed E-state index contributed by atoms with van der Waals surface area (Å²) in [5, 5.41) is 2.59. The number of ether oxygens (including phenoxy) is 1. The van der Waals surface area contributed by atoms with Gasteiger partial charge in [0.1, 0.15) is 5.69 Å². The highest BCUT2D eigenvalue weighted by atomic mass is 32.2. The van der Waals surface area contributed by atoms with E-state index >= 15 is 0 Å². The van der Waals surface area contributed by atoms with Gasteiger partial charge in [-0.25, -0.2) is 22.9 Å². The smallest absolute Gasteiger partial charge is 0.356 e. The zero-order valence-electron chi connectivity index (χ0n) is 14.6. The molecule has 0 radical (unpaired) electrons. The first-order valence-corrected chi connectivity index (χ1v) is 9.26. The van der Waals surface area contributed by atoms with Crippen LogP contribution in [0.3, 0.4) is 0 Å². The van der Waals surface area contributed by atoms with Gasteiger partial charge in [0.15, 0.2) is 0 Å². The zero-order valence-corrected chi connectivity index (χ0v) is 15.4. The second-order valence-electron chi connectivity index (χ2n) is 5.28. The summed E-state index contributed by atoms with van der Waals surface area (Å²) in [6.45, 7) is 1.69. The summed E-state index contributed by atoms with van der Waals surface area (Å²) < 4.78 is 31.0. The molecule has 9 nitrogen and oxygen atoms in total. The number of sulfonamides is 1. The lowest BCUT2D eigenvalue weighted by Gasteiger charge is -2.08. The molecule has 1 aromatic carbocycles. The minimum Gasteiger partial charge on any atom is -0.464 e. The number of aromatic nitrogens is 1. The van der Waals surface area contributed by atoms with Gasteiger partial charge in [-0.05, 0) is 36.4 Å². The standard InChI is InChI=1S/C17H17N3O6S/c1-3-15(21)19-12-5-7-13(8-6-12)27(24,25)20-16(22)11-4-9-14(18-10-11)17(23)26-2/h4-10H,3H2,1-2H3,(H,19,21)(H,20,22). The summed E-state index contributed by atoms with van der Waals surface area (Å²) in [6, 6.07) is 7.86. The number of hydrogen-bond acceptors (Lipinski definition) is 7. The quantitative estimate of drug-likeness (QED) is 0.710. The van der Waals surface area contributed by atoms with Crippen molar-refractivity contribution in [3.63, 3.8) is 0 Å².